The van der Waals surface area contributed by atoms with Crippen molar-refractivity contribution in [3.8, 4) is 5.75 Å². The van der Waals surface area contributed by atoms with Crippen LogP contribution in [0.2, 0.25) is 0 Å². The Morgan fingerprint density at radius 3 is 2.50 bits per heavy atom. The predicted molar refractivity (Wildman–Crippen MR) is 77.0 cm³/mol. The predicted octanol–water partition coefficient (Wildman–Crippen LogP) is 4.13. The van der Waals surface area contributed by atoms with Crippen LogP contribution in [0.15, 0.2) is 42.5 Å². The van der Waals surface area contributed by atoms with E-state index in [4.69, 9.17) is 16.3 Å². The lowest BCUT2D eigenvalue weighted by Crippen LogP contribution is -2.02. The zero-order valence-electron chi connectivity index (χ0n) is 11.0. The smallest absolute Gasteiger partial charge is 0.177 e. The molecule has 0 amide bonds. The third kappa shape index (κ3) is 3.58. The zero-order valence-corrected chi connectivity index (χ0v) is 11.8. The van der Waals surface area contributed by atoms with Gasteiger partial charge in [0.1, 0.15) is 18.2 Å². The molecular formula is C16H14ClFO2. The highest BCUT2D eigenvalue weighted by Gasteiger charge is 2.07. The number of aryl methyl sites for hydroxylation is 1. The number of benzene rings is 2. The third-order valence-electron chi connectivity index (χ3n) is 2.93. The van der Waals surface area contributed by atoms with Crippen LogP contribution in [0, 0.1) is 12.7 Å². The Kier molecular flexibility index (Phi) is 4.74. The summed E-state index contributed by atoms with van der Waals surface area (Å²) in [5.74, 6) is 0.282. The molecule has 0 spiro atoms. The van der Waals surface area contributed by atoms with Crippen molar-refractivity contribution < 1.29 is 13.9 Å². The van der Waals surface area contributed by atoms with E-state index in [1.54, 1.807) is 30.3 Å². The number of Topliss-reactive ketones (excluding diaryl/α,β-unsaturated/α-hetero) is 1. The lowest BCUT2D eigenvalue weighted by atomic mass is 10.1. The van der Waals surface area contributed by atoms with Crippen LogP contribution in [0.4, 0.5) is 4.39 Å². The quantitative estimate of drug-likeness (QED) is 0.612. The Labute approximate surface area is 122 Å². The Balaban J connectivity index is 2.06. The summed E-state index contributed by atoms with van der Waals surface area (Å²) in [6.45, 7) is 2.22. The van der Waals surface area contributed by atoms with E-state index in [0.29, 0.717) is 17.9 Å². The average molecular weight is 293 g/mol. The summed E-state index contributed by atoms with van der Waals surface area (Å²) in [7, 11) is 0. The maximum Gasteiger partial charge on any atom is 0.177 e. The lowest BCUT2D eigenvalue weighted by Gasteiger charge is -2.10. The molecule has 0 N–H and O–H groups in total. The molecule has 2 aromatic carbocycles. The standard InChI is InChI=1S/C16H14ClFO2/c1-11-8-13(15(19)9-17)4-7-16(11)20-10-12-2-5-14(18)6-3-12/h2-8H,9-10H2,1H3. The van der Waals surface area contributed by atoms with Gasteiger partial charge in [0.25, 0.3) is 0 Å². The van der Waals surface area contributed by atoms with E-state index in [0.717, 1.165) is 11.1 Å². The summed E-state index contributed by atoms with van der Waals surface area (Å²) in [5, 5.41) is 0. The van der Waals surface area contributed by atoms with Gasteiger partial charge in [0, 0.05) is 5.56 Å². The molecule has 0 unspecified atom stereocenters. The minimum atomic E-state index is -0.270. The van der Waals surface area contributed by atoms with Crippen LogP contribution in [-0.2, 0) is 6.61 Å². The fourth-order valence-electron chi connectivity index (χ4n) is 1.80. The number of halogens is 2. The number of hydrogen-bond donors (Lipinski definition) is 0. The Bertz CT molecular complexity index is 608. The van der Waals surface area contributed by atoms with Gasteiger partial charge in [-0.1, -0.05) is 12.1 Å². The van der Waals surface area contributed by atoms with Crippen molar-refractivity contribution >= 4 is 17.4 Å². The van der Waals surface area contributed by atoms with Gasteiger partial charge in [-0.3, -0.25) is 4.79 Å². The molecule has 2 nitrogen and oxygen atoms in total. The molecule has 0 aromatic heterocycles. The van der Waals surface area contributed by atoms with Gasteiger partial charge in [-0.25, -0.2) is 4.39 Å². The molecule has 4 heteroatoms. The first-order valence-electron chi connectivity index (χ1n) is 6.17. The van der Waals surface area contributed by atoms with Gasteiger partial charge in [0.15, 0.2) is 5.78 Å². The number of ketones is 1. The summed E-state index contributed by atoms with van der Waals surface area (Å²) >= 11 is 5.52. The lowest BCUT2D eigenvalue weighted by molar-refractivity contribution is 0.102. The van der Waals surface area contributed by atoms with E-state index < -0.39 is 0 Å². The molecule has 2 aromatic rings. The molecule has 0 bridgehead atoms. The highest BCUT2D eigenvalue weighted by atomic mass is 35.5. The largest absolute Gasteiger partial charge is 0.489 e. The first-order valence-corrected chi connectivity index (χ1v) is 6.70. The first-order chi connectivity index (χ1) is 9.60. The van der Waals surface area contributed by atoms with E-state index in [1.807, 2.05) is 6.92 Å². The Hall–Kier alpha value is -1.87. The number of hydrogen-bond acceptors (Lipinski definition) is 2. The summed E-state index contributed by atoms with van der Waals surface area (Å²) in [6.07, 6.45) is 0. The SMILES string of the molecule is Cc1cc(C(=O)CCl)ccc1OCc1ccc(F)cc1. The molecule has 0 heterocycles. The molecule has 0 atom stereocenters. The van der Waals surface area contributed by atoms with E-state index in [1.165, 1.54) is 12.1 Å². The van der Waals surface area contributed by atoms with Crippen LogP contribution in [0.25, 0.3) is 0 Å². The van der Waals surface area contributed by atoms with Crippen molar-refractivity contribution in [2.45, 2.75) is 13.5 Å². The molecule has 0 aliphatic rings. The highest BCUT2D eigenvalue weighted by Crippen LogP contribution is 2.21. The molecule has 0 saturated carbocycles. The number of alkyl halides is 1. The Morgan fingerprint density at radius 2 is 1.90 bits per heavy atom. The minimum absolute atomic E-state index is 0.0325. The van der Waals surface area contributed by atoms with Gasteiger partial charge < -0.3 is 4.74 Å². The van der Waals surface area contributed by atoms with Crippen molar-refractivity contribution in [2.24, 2.45) is 0 Å². The minimum Gasteiger partial charge on any atom is -0.489 e. The van der Waals surface area contributed by atoms with Gasteiger partial charge in [-0.15, -0.1) is 11.6 Å². The van der Waals surface area contributed by atoms with Crippen molar-refractivity contribution in [3.63, 3.8) is 0 Å². The van der Waals surface area contributed by atoms with E-state index >= 15 is 0 Å². The van der Waals surface area contributed by atoms with Gasteiger partial charge in [0.05, 0.1) is 5.88 Å². The number of carbonyl (C=O) groups is 1. The Morgan fingerprint density at radius 1 is 1.20 bits per heavy atom. The van der Waals surface area contributed by atoms with Gasteiger partial charge in [-0.05, 0) is 48.4 Å². The summed E-state index contributed by atoms with van der Waals surface area (Å²) in [5.41, 5.74) is 2.32. The van der Waals surface area contributed by atoms with Crippen molar-refractivity contribution in [2.75, 3.05) is 5.88 Å². The number of rotatable bonds is 5. The monoisotopic (exact) mass is 292 g/mol. The summed E-state index contributed by atoms with van der Waals surface area (Å²) in [6, 6.07) is 11.3. The van der Waals surface area contributed by atoms with Crippen LogP contribution in [-0.4, -0.2) is 11.7 Å². The van der Waals surface area contributed by atoms with E-state index in [2.05, 4.69) is 0 Å². The number of ether oxygens (including phenoxy) is 1. The second-order valence-corrected chi connectivity index (χ2v) is 4.72. The molecule has 104 valence electrons. The van der Waals surface area contributed by atoms with E-state index in [-0.39, 0.29) is 17.5 Å². The maximum atomic E-state index is 12.8. The molecule has 0 saturated heterocycles. The zero-order chi connectivity index (χ0) is 14.5. The average Bonchev–Trinajstić information content (AvgIpc) is 2.46. The van der Waals surface area contributed by atoms with Crippen molar-refractivity contribution in [1.29, 1.82) is 0 Å². The highest BCUT2D eigenvalue weighted by molar-refractivity contribution is 6.30. The van der Waals surface area contributed by atoms with Crippen LogP contribution < -0.4 is 4.74 Å². The third-order valence-corrected chi connectivity index (χ3v) is 3.17. The summed E-state index contributed by atoms with van der Waals surface area (Å²) in [4.78, 5) is 11.5. The van der Waals surface area contributed by atoms with Gasteiger partial charge >= 0.3 is 0 Å². The summed E-state index contributed by atoms with van der Waals surface area (Å²) < 4.78 is 18.4. The molecular weight excluding hydrogens is 279 g/mol. The van der Waals surface area contributed by atoms with Crippen LogP contribution in [0.5, 0.6) is 5.75 Å². The first kappa shape index (κ1) is 14.5. The van der Waals surface area contributed by atoms with Crippen LogP contribution in [0.1, 0.15) is 21.5 Å². The topological polar surface area (TPSA) is 26.3 Å². The van der Waals surface area contributed by atoms with Gasteiger partial charge in [0.2, 0.25) is 0 Å². The van der Waals surface area contributed by atoms with Crippen molar-refractivity contribution in [3.05, 3.63) is 65.0 Å². The fourth-order valence-corrected chi connectivity index (χ4v) is 1.96. The second kappa shape index (κ2) is 6.53. The maximum absolute atomic E-state index is 12.8. The van der Waals surface area contributed by atoms with E-state index in [9.17, 15) is 9.18 Å². The normalized spacial score (nSPS) is 10.3. The van der Waals surface area contributed by atoms with Crippen molar-refractivity contribution in [1.82, 2.24) is 0 Å². The molecule has 0 aliphatic carbocycles. The molecule has 20 heavy (non-hydrogen) atoms. The second-order valence-electron chi connectivity index (χ2n) is 4.45. The van der Waals surface area contributed by atoms with Crippen LogP contribution in [0.3, 0.4) is 0 Å². The fraction of sp³-hybridized carbons (Fsp3) is 0.188. The molecule has 0 radical (unpaired) electrons. The van der Waals surface area contributed by atoms with Crippen LogP contribution >= 0.6 is 11.6 Å². The van der Waals surface area contributed by atoms with Gasteiger partial charge in [-0.2, -0.15) is 0 Å². The molecule has 2 rings (SSSR count). The molecule has 0 aliphatic heterocycles. The number of carbonyl (C=O) groups excluding carboxylic acids is 1. The molecule has 0 fully saturated rings.